The van der Waals surface area contributed by atoms with E-state index >= 15 is 0 Å². The monoisotopic (exact) mass is 280 g/mol. The van der Waals surface area contributed by atoms with Crippen LogP contribution in [0.1, 0.15) is 38.4 Å². The van der Waals surface area contributed by atoms with Crippen molar-refractivity contribution in [3.8, 4) is 0 Å². The van der Waals surface area contributed by atoms with E-state index in [4.69, 9.17) is 10.5 Å². The Labute approximate surface area is 122 Å². The highest BCUT2D eigenvalue weighted by Gasteiger charge is 2.29. The number of nitrogens with zero attached hydrogens (tertiary/aromatic N) is 3. The van der Waals surface area contributed by atoms with Crippen LogP contribution in [0.5, 0.6) is 0 Å². The lowest BCUT2D eigenvalue weighted by Crippen LogP contribution is -2.48. The molecule has 2 N–H and O–H groups in total. The van der Waals surface area contributed by atoms with Crippen molar-refractivity contribution in [2.45, 2.75) is 58.7 Å². The van der Waals surface area contributed by atoms with Crippen LogP contribution in [0.2, 0.25) is 0 Å². The number of aryl methyl sites for hydroxylation is 2. The summed E-state index contributed by atoms with van der Waals surface area (Å²) in [4.78, 5) is 2.42. The summed E-state index contributed by atoms with van der Waals surface area (Å²) in [5.41, 5.74) is 8.55. The van der Waals surface area contributed by atoms with Gasteiger partial charge in [0.25, 0.3) is 0 Å². The molecule has 2 heterocycles. The number of aromatic nitrogens is 2. The number of hydrogen-bond acceptors (Lipinski definition) is 4. The average molecular weight is 280 g/mol. The second kappa shape index (κ2) is 6.14. The van der Waals surface area contributed by atoms with Gasteiger partial charge < -0.3 is 15.4 Å². The Morgan fingerprint density at radius 1 is 1.45 bits per heavy atom. The van der Waals surface area contributed by atoms with Gasteiger partial charge in [-0.15, -0.1) is 0 Å². The van der Waals surface area contributed by atoms with Crippen LogP contribution in [0.25, 0.3) is 0 Å². The van der Waals surface area contributed by atoms with Gasteiger partial charge in [-0.2, -0.15) is 5.10 Å². The molecule has 0 aromatic carbocycles. The first kappa shape index (κ1) is 15.3. The minimum atomic E-state index is 0.199. The molecule has 1 saturated heterocycles. The molecule has 3 atom stereocenters. The molecule has 3 unspecified atom stereocenters. The molecule has 5 nitrogen and oxygen atoms in total. The van der Waals surface area contributed by atoms with Crippen molar-refractivity contribution in [3.05, 3.63) is 11.3 Å². The van der Waals surface area contributed by atoms with Crippen molar-refractivity contribution >= 4 is 5.82 Å². The quantitative estimate of drug-likeness (QED) is 0.910. The Morgan fingerprint density at radius 2 is 2.15 bits per heavy atom. The molecule has 0 radical (unpaired) electrons. The Morgan fingerprint density at radius 3 is 2.80 bits per heavy atom. The van der Waals surface area contributed by atoms with E-state index in [1.165, 1.54) is 11.4 Å². The van der Waals surface area contributed by atoms with Gasteiger partial charge in [-0.1, -0.05) is 6.92 Å². The number of hydrogen-bond donors (Lipinski definition) is 1. The summed E-state index contributed by atoms with van der Waals surface area (Å²) in [5, 5.41) is 4.61. The average Bonchev–Trinajstić information content (AvgIpc) is 2.67. The van der Waals surface area contributed by atoms with Crippen LogP contribution in [-0.4, -0.2) is 41.1 Å². The van der Waals surface area contributed by atoms with Crippen molar-refractivity contribution in [1.82, 2.24) is 9.78 Å². The van der Waals surface area contributed by atoms with Crippen molar-refractivity contribution in [1.29, 1.82) is 0 Å². The maximum atomic E-state index is 6.16. The number of ether oxygens (including phenoxy) is 1. The molecule has 2 rings (SSSR count). The highest BCUT2D eigenvalue weighted by Crippen LogP contribution is 2.28. The van der Waals surface area contributed by atoms with Gasteiger partial charge in [0.1, 0.15) is 5.82 Å². The number of morpholine rings is 1. The van der Waals surface area contributed by atoms with E-state index in [0.29, 0.717) is 6.04 Å². The lowest BCUT2D eigenvalue weighted by atomic mass is 10.0. The minimum absolute atomic E-state index is 0.199. The largest absolute Gasteiger partial charge is 0.375 e. The molecule has 1 aliphatic heterocycles. The smallest absolute Gasteiger partial charge is 0.130 e. The zero-order chi connectivity index (χ0) is 14.9. The summed E-state index contributed by atoms with van der Waals surface area (Å²) >= 11 is 0. The standard InChI is InChI=1S/C15H28N4O/c1-6-13(16)7-14-12(4)17-18(5)15(14)19-8-11(3)20-9-10(19)2/h10-11,13H,6-9,16H2,1-5H3. The summed E-state index contributed by atoms with van der Waals surface area (Å²) < 4.78 is 7.74. The molecule has 0 aliphatic carbocycles. The second-order valence-electron chi connectivity index (χ2n) is 6.03. The van der Waals surface area contributed by atoms with Crippen LogP contribution in [0.3, 0.4) is 0 Å². The summed E-state index contributed by atoms with van der Waals surface area (Å²) in [6, 6.07) is 0.572. The fraction of sp³-hybridized carbons (Fsp3) is 0.800. The lowest BCUT2D eigenvalue weighted by Gasteiger charge is -2.39. The van der Waals surface area contributed by atoms with Gasteiger partial charge in [0.15, 0.2) is 0 Å². The van der Waals surface area contributed by atoms with Crippen LogP contribution >= 0.6 is 0 Å². The molecule has 0 amide bonds. The van der Waals surface area contributed by atoms with Crippen LogP contribution < -0.4 is 10.6 Å². The predicted octanol–water partition coefficient (Wildman–Crippen LogP) is 1.62. The van der Waals surface area contributed by atoms with E-state index in [1.54, 1.807) is 0 Å². The third kappa shape index (κ3) is 2.99. The molecule has 1 aromatic heterocycles. The molecule has 1 fully saturated rings. The maximum Gasteiger partial charge on any atom is 0.130 e. The van der Waals surface area contributed by atoms with E-state index in [-0.39, 0.29) is 12.1 Å². The topological polar surface area (TPSA) is 56.3 Å². The molecule has 0 spiro atoms. The highest BCUT2D eigenvalue weighted by molar-refractivity contribution is 5.52. The van der Waals surface area contributed by atoms with Crippen LogP contribution in [0.15, 0.2) is 0 Å². The summed E-state index contributed by atoms with van der Waals surface area (Å²) in [7, 11) is 2.02. The SMILES string of the molecule is CCC(N)Cc1c(C)nn(C)c1N1CC(C)OCC1C. The number of nitrogens with two attached hydrogens (primary N) is 1. The first-order valence-electron chi connectivity index (χ1n) is 7.60. The van der Waals surface area contributed by atoms with Crippen LogP contribution in [-0.2, 0) is 18.2 Å². The second-order valence-corrected chi connectivity index (χ2v) is 6.03. The molecule has 1 aliphatic rings. The van der Waals surface area contributed by atoms with Crippen molar-refractivity contribution in [2.75, 3.05) is 18.1 Å². The normalized spacial score (nSPS) is 25.0. The van der Waals surface area contributed by atoms with Gasteiger partial charge in [0.2, 0.25) is 0 Å². The van der Waals surface area contributed by atoms with E-state index in [9.17, 15) is 0 Å². The minimum Gasteiger partial charge on any atom is -0.375 e. The third-order valence-electron chi connectivity index (χ3n) is 4.18. The Balaban J connectivity index is 2.34. The van der Waals surface area contributed by atoms with E-state index in [1.807, 2.05) is 11.7 Å². The lowest BCUT2D eigenvalue weighted by molar-refractivity contribution is 0.0337. The zero-order valence-corrected chi connectivity index (χ0v) is 13.4. The molecular weight excluding hydrogens is 252 g/mol. The fourth-order valence-corrected chi connectivity index (χ4v) is 2.89. The first-order valence-corrected chi connectivity index (χ1v) is 7.60. The molecule has 1 aromatic rings. The maximum absolute atomic E-state index is 6.16. The van der Waals surface area contributed by atoms with Gasteiger partial charge >= 0.3 is 0 Å². The first-order chi connectivity index (χ1) is 9.43. The van der Waals surface area contributed by atoms with E-state index in [2.05, 4.69) is 37.7 Å². The molecule has 0 saturated carbocycles. The highest BCUT2D eigenvalue weighted by atomic mass is 16.5. The number of rotatable bonds is 4. The molecule has 20 heavy (non-hydrogen) atoms. The van der Waals surface area contributed by atoms with Gasteiger partial charge in [0.05, 0.1) is 24.4 Å². The summed E-state index contributed by atoms with van der Waals surface area (Å²) in [6.45, 7) is 10.2. The Bertz CT molecular complexity index is 457. The zero-order valence-electron chi connectivity index (χ0n) is 13.4. The molecule has 0 bridgehead atoms. The molecule has 5 heteroatoms. The van der Waals surface area contributed by atoms with Crippen LogP contribution in [0, 0.1) is 6.92 Å². The van der Waals surface area contributed by atoms with Gasteiger partial charge in [-0.05, 0) is 33.6 Å². The number of anilines is 1. The van der Waals surface area contributed by atoms with E-state index < -0.39 is 0 Å². The van der Waals surface area contributed by atoms with Gasteiger partial charge in [-0.25, -0.2) is 0 Å². The van der Waals surface area contributed by atoms with Gasteiger partial charge in [0, 0.05) is 25.2 Å². The summed E-state index contributed by atoms with van der Waals surface area (Å²) in [6.07, 6.45) is 2.14. The van der Waals surface area contributed by atoms with Gasteiger partial charge in [-0.3, -0.25) is 4.68 Å². The Kier molecular flexibility index (Phi) is 4.70. The fourth-order valence-electron chi connectivity index (χ4n) is 2.89. The van der Waals surface area contributed by atoms with Crippen molar-refractivity contribution < 1.29 is 4.74 Å². The van der Waals surface area contributed by atoms with Crippen LogP contribution in [0.4, 0.5) is 5.82 Å². The third-order valence-corrected chi connectivity index (χ3v) is 4.18. The van der Waals surface area contributed by atoms with E-state index in [0.717, 1.165) is 31.7 Å². The Hall–Kier alpha value is -1.07. The predicted molar refractivity (Wildman–Crippen MR) is 82.1 cm³/mol. The van der Waals surface area contributed by atoms with Crippen molar-refractivity contribution in [2.24, 2.45) is 12.8 Å². The molecule has 114 valence electrons. The summed E-state index contributed by atoms with van der Waals surface area (Å²) in [5.74, 6) is 1.22. The van der Waals surface area contributed by atoms with Crippen molar-refractivity contribution in [3.63, 3.8) is 0 Å². The molecular formula is C15H28N4O.